The van der Waals surface area contributed by atoms with E-state index in [1.807, 2.05) is 41.5 Å². The van der Waals surface area contributed by atoms with Gasteiger partial charge in [0.05, 0.1) is 12.6 Å². The number of methoxy groups -OCH3 is 1. The minimum atomic E-state index is -1.09. The molecule has 4 atom stereocenters. The molecule has 2 aliphatic rings. The zero-order valence-electron chi connectivity index (χ0n) is 19.4. The predicted octanol–water partition coefficient (Wildman–Crippen LogP) is 1.79. The summed E-state index contributed by atoms with van der Waals surface area (Å²) in [6, 6.07) is -1.03. The minimum absolute atomic E-state index is 0.0481. The molecule has 2 amide bonds. The monoisotopic (exact) mass is 426 g/mol. The Labute approximate surface area is 179 Å². The molecular weight excluding hydrogens is 388 g/mol. The van der Waals surface area contributed by atoms with Gasteiger partial charge in [0.25, 0.3) is 0 Å². The van der Waals surface area contributed by atoms with Gasteiger partial charge in [0.2, 0.25) is 11.8 Å². The van der Waals surface area contributed by atoms with E-state index in [1.54, 1.807) is 9.80 Å². The van der Waals surface area contributed by atoms with Gasteiger partial charge in [0, 0.05) is 36.9 Å². The molecule has 0 spiro atoms. The van der Waals surface area contributed by atoms with Crippen molar-refractivity contribution in [3.63, 3.8) is 0 Å². The number of carbonyl (C=O) groups excluding carboxylic acids is 3. The maximum atomic E-state index is 12.8. The molecule has 0 aromatic carbocycles. The highest BCUT2D eigenvalue weighted by Gasteiger charge is 2.44. The van der Waals surface area contributed by atoms with Crippen LogP contribution >= 0.6 is 0 Å². The fourth-order valence-corrected chi connectivity index (χ4v) is 4.15. The van der Waals surface area contributed by atoms with Crippen LogP contribution in [0.3, 0.4) is 0 Å². The van der Waals surface area contributed by atoms with Gasteiger partial charge in [0.15, 0.2) is 6.29 Å². The van der Waals surface area contributed by atoms with Crippen LogP contribution in [0.25, 0.3) is 0 Å². The fraction of sp³-hybridized carbons (Fsp3) is 0.864. The van der Waals surface area contributed by atoms with Crippen molar-refractivity contribution in [1.29, 1.82) is 0 Å². The molecule has 0 bridgehead atoms. The summed E-state index contributed by atoms with van der Waals surface area (Å²) in [5, 5.41) is 10.2. The number of hydrogen-bond donors (Lipinski definition) is 1. The Balaban J connectivity index is 2.00. The number of aliphatic hydroxyl groups is 1. The van der Waals surface area contributed by atoms with Crippen molar-refractivity contribution >= 4 is 17.8 Å². The van der Waals surface area contributed by atoms with Crippen LogP contribution in [-0.4, -0.2) is 77.9 Å². The number of ether oxygens (including phenoxy) is 2. The Morgan fingerprint density at radius 1 is 1.03 bits per heavy atom. The van der Waals surface area contributed by atoms with Gasteiger partial charge in [-0.05, 0) is 19.3 Å². The average molecular weight is 427 g/mol. The van der Waals surface area contributed by atoms with E-state index in [-0.39, 0.29) is 24.3 Å². The Bertz CT molecular complexity index is 651. The second kappa shape index (κ2) is 9.22. The number of hydrogen-bond acceptors (Lipinski definition) is 6. The maximum absolute atomic E-state index is 12.8. The highest BCUT2D eigenvalue weighted by atomic mass is 16.6. The topological polar surface area (TPSA) is 96.4 Å². The zero-order valence-corrected chi connectivity index (χ0v) is 19.4. The van der Waals surface area contributed by atoms with Gasteiger partial charge >= 0.3 is 5.97 Å². The molecule has 0 aromatic rings. The van der Waals surface area contributed by atoms with Crippen molar-refractivity contribution in [2.45, 2.75) is 79.2 Å². The Morgan fingerprint density at radius 3 is 2.13 bits per heavy atom. The van der Waals surface area contributed by atoms with Gasteiger partial charge in [-0.2, -0.15) is 0 Å². The van der Waals surface area contributed by atoms with Gasteiger partial charge in [-0.1, -0.05) is 41.5 Å². The first-order valence-corrected chi connectivity index (χ1v) is 10.8. The number of rotatable bonds is 5. The number of likely N-dealkylation sites (tertiary alicyclic amines) is 2. The van der Waals surface area contributed by atoms with Crippen LogP contribution in [0.4, 0.5) is 0 Å². The number of carbonyl (C=O) groups is 3. The molecule has 0 saturated carbocycles. The summed E-state index contributed by atoms with van der Waals surface area (Å²) in [6.45, 7) is 12.1. The molecule has 30 heavy (non-hydrogen) atoms. The van der Waals surface area contributed by atoms with Crippen LogP contribution in [0.5, 0.6) is 0 Å². The third-order valence-electron chi connectivity index (χ3n) is 5.79. The molecule has 1 N–H and O–H groups in total. The average Bonchev–Trinajstić information content (AvgIpc) is 3.29. The number of nitrogens with zero attached hydrogens (tertiary/aromatic N) is 2. The van der Waals surface area contributed by atoms with E-state index in [9.17, 15) is 19.5 Å². The molecule has 0 aliphatic carbocycles. The van der Waals surface area contributed by atoms with Gasteiger partial charge < -0.3 is 24.4 Å². The SMILES string of the molecule is COC(O)[C@@H]1CC(COC(=O)C2CCCN2C(=O)C(C)(C)C)CN1C(=O)C(C)(C)C. The summed E-state index contributed by atoms with van der Waals surface area (Å²) < 4.78 is 10.6. The van der Waals surface area contributed by atoms with Crippen LogP contribution in [0.1, 0.15) is 60.8 Å². The molecule has 2 rings (SSSR count). The van der Waals surface area contributed by atoms with E-state index in [0.717, 1.165) is 6.42 Å². The molecule has 0 radical (unpaired) electrons. The normalized spacial score (nSPS) is 26.1. The van der Waals surface area contributed by atoms with Crippen LogP contribution in [0.2, 0.25) is 0 Å². The molecule has 2 heterocycles. The second-order valence-corrected chi connectivity index (χ2v) is 10.5. The van der Waals surface area contributed by atoms with Crippen molar-refractivity contribution < 1.29 is 29.0 Å². The van der Waals surface area contributed by atoms with Crippen LogP contribution < -0.4 is 0 Å². The largest absolute Gasteiger partial charge is 0.464 e. The highest BCUT2D eigenvalue weighted by molar-refractivity contribution is 5.88. The van der Waals surface area contributed by atoms with E-state index in [2.05, 4.69) is 0 Å². The van der Waals surface area contributed by atoms with Crippen molar-refractivity contribution in [3.8, 4) is 0 Å². The molecule has 172 valence electrons. The lowest BCUT2D eigenvalue weighted by Crippen LogP contribution is -2.47. The first-order chi connectivity index (χ1) is 13.8. The first kappa shape index (κ1) is 24.6. The van der Waals surface area contributed by atoms with Crippen LogP contribution in [-0.2, 0) is 23.9 Å². The molecule has 0 aromatic heterocycles. The minimum Gasteiger partial charge on any atom is -0.464 e. The Kier molecular flexibility index (Phi) is 7.56. The third kappa shape index (κ3) is 5.52. The Hall–Kier alpha value is -1.67. The maximum Gasteiger partial charge on any atom is 0.328 e. The van der Waals surface area contributed by atoms with Gasteiger partial charge in [-0.3, -0.25) is 9.59 Å². The summed E-state index contributed by atoms with van der Waals surface area (Å²) in [4.78, 5) is 41.4. The molecule has 2 aliphatic heterocycles. The van der Waals surface area contributed by atoms with E-state index >= 15 is 0 Å². The molecule has 8 nitrogen and oxygen atoms in total. The quantitative estimate of drug-likeness (QED) is 0.532. The summed E-state index contributed by atoms with van der Waals surface area (Å²) in [6.07, 6.45) is 0.775. The van der Waals surface area contributed by atoms with E-state index < -0.39 is 35.2 Å². The highest BCUT2D eigenvalue weighted by Crippen LogP contribution is 2.31. The van der Waals surface area contributed by atoms with Crippen molar-refractivity contribution in [3.05, 3.63) is 0 Å². The zero-order chi connectivity index (χ0) is 22.9. The van der Waals surface area contributed by atoms with E-state index in [4.69, 9.17) is 9.47 Å². The lowest BCUT2D eigenvalue weighted by Gasteiger charge is -2.32. The Morgan fingerprint density at radius 2 is 1.60 bits per heavy atom. The molecule has 8 heteroatoms. The summed E-state index contributed by atoms with van der Waals surface area (Å²) >= 11 is 0. The molecule has 3 unspecified atom stereocenters. The summed E-state index contributed by atoms with van der Waals surface area (Å²) in [7, 11) is 1.40. The first-order valence-electron chi connectivity index (χ1n) is 10.8. The lowest BCUT2D eigenvalue weighted by atomic mass is 9.94. The fourth-order valence-electron chi connectivity index (χ4n) is 4.15. The van der Waals surface area contributed by atoms with Crippen LogP contribution in [0.15, 0.2) is 0 Å². The van der Waals surface area contributed by atoms with Gasteiger partial charge in [-0.25, -0.2) is 4.79 Å². The second-order valence-electron chi connectivity index (χ2n) is 10.5. The third-order valence-corrected chi connectivity index (χ3v) is 5.79. The van der Waals surface area contributed by atoms with Crippen molar-refractivity contribution in [1.82, 2.24) is 9.80 Å². The lowest BCUT2D eigenvalue weighted by molar-refractivity contribution is -0.157. The van der Waals surface area contributed by atoms with Crippen LogP contribution in [0, 0.1) is 16.7 Å². The van der Waals surface area contributed by atoms with Gasteiger partial charge in [-0.15, -0.1) is 0 Å². The molecule has 2 saturated heterocycles. The standard InChI is InChI=1S/C22H38N2O6/c1-21(2,3)19(27)23-10-8-9-15(23)18(26)30-13-14-11-16(17(25)29-7)24(12-14)20(28)22(4,5)6/h14-17,25H,8-13H2,1-7H3/t14?,15?,16-,17?/m0/s1. The molecule has 2 fully saturated rings. The van der Waals surface area contributed by atoms with E-state index in [1.165, 1.54) is 7.11 Å². The van der Waals surface area contributed by atoms with E-state index in [0.29, 0.717) is 25.9 Å². The van der Waals surface area contributed by atoms with Crippen molar-refractivity contribution in [2.24, 2.45) is 16.7 Å². The van der Waals surface area contributed by atoms with Gasteiger partial charge in [0.1, 0.15) is 6.04 Å². The summed E-state index contributed by atoms with van der Waals surface area (Å²) in [5.74, 6) is -0.610. The molecular formula is C22H38N2O6. The number of esters is 1. The summed E-state index contributed by atoms with van der Waals surface area (Å²) in [5.41, 5.74) is -1.14. The van der Waals surface area contributed by atoms with Crippen molar-refractivity contribution in [2.75, 3.05) is 26.8 Å². The smallest absolute Gasteiger partial charge is 0.328 e. The number of amides is 2. The predicted molar refractivity (Wildman–Crippen MR) is 111 cm³/mol. The number of aliphatic hydroxyl groups excluding tert-OH is 1.